The number of hydrogen-bond donors (Lipinski definition) is 2. The zero-order chi connectivity index (χ0) is 31.1. The van der Waals surface area contributed by atoms with Gasteiger partial charge in [-0.05, 0) is 60.7 Å². The maximum Gasteiger partial charge on any atom is 0.410 e. The summed E-state index contributed by atoms with van der Waals surface area (Å²) >= 11 is 0. The lowest BCUT2D eigenvalue weighted by molar-refractivity contribution is -0.159. The third-order valence-electron chi connectivity index (χ3n) is 8.25. The highest BCUT2D eigenvalue weighted by molar-refractivity contribution is 5.88. The molecule has 1 amide bonds. The fourth-order valence-electron chi connectivity index (χ4n) is 6.18. The van der Waals surface area contributed by atoms with Crippen LogP contribution in [-0.2, 0) is 25.6 Å². The Morgan fingerprint density at radius 2 is 1.59 bits per heavy atom. The number of carbonyl (C=O) groups is 3. The molecule has 10 nitrogen and oxygen atoms in total. The van der Waals surface area contributed by atoms with Gasteiger partial charge in [0.05, 0.1) is 6.54 Å². The van der Waals surface area contributed by atoms with Gasteiger partial charge in [-0.15, -0.1) is 0 Å². The van der Waals surface area contributed by atoms with Crippen LogP contribution in [-0.4, -0.2) is 71.6 Å². The fraction of sp³-hybridized carbons (Fsp3) is 0.382. The van der Waals surface area contributed by atoms with Gasteiger partial charge in [-0.2, -0.15) is 0 Å². The van der Waals surface area contributed by atoms with E-state index in [2.05, 4.69) is 5.32 Å². The van der Waals surface area contributed by atoms with Crippen molar-refractivity contribution in [2.45, 2.75) is 56.8 Å². The lowest BCUT2D eigenvalue weighted by Gasteiger charge is -2.27. The standard InChI is InChI=1S/C34H36N2O8/c1-33(2,3)44-30(37)27-17-34(31(38)39,35-18-21-12-13-28-29(16-21)42-15-14-41-28)20-36(27)32(40)43-19-26-24-10-6-4-8-22(24)23-9-5-7-11-25(23)26/h4-13,16,26-27,35H,14-15,17-20H2,1-3H3,(H,38,39). The van der Waals surface area contributed by atoms with E-state index >= 15 is 0 Å². The predicted molar refractivity (Wildman–Crippen MR) is 161 cm³/mol. The zero-order valence-corrected chi connectivity index (χ0v) is 25.0. The molecule has 230 valence electrons. The summed E-state index contributed by atoms with van der Waals surface area (Å²) in [5, 5.41) is 13.6. The summed E-state index contributed by atoms with van der Waals surface area (Å²) in [6, 6.07) is 20.2. The molecule has 3 aromatic rings. The predicted octanol–water partition coefficient (Wildman–Crippen LogP) is 4.74. The smallest absolute Gasteiger partial charge is 0.410 e. The number of rotatable bonds is 7. The van der Waals surface area contributed by atoms with Crippen LogP contribution in [0.2, 0.25) is 0 Å². The van der Waals surface area contributed by atoms with Crippen molar-refractivity contribution in [1.29, 1.82) is 0 Å². The van der Waals surface area contributed by atoms with Crippen LogP contribution < -0.4 is 14.8 Å². The number of nitrogens with zero attached hydrogens (tertiary/aromatic N) is 1. The number of aliphatic carboxylic acids is 1. The first-order valence-corrected chi connectivity index (χ1v) is 14.8. The van der Waals surface area contributed by atoms with Crippen LogP contribution in [0.25, 0.3) is 11.1 Å². The van der Waals surface area contributed by atoms with Crippen molar-refractivity contribution in [2.75, 3.05) is 26.4 Å². The summed E-state index contributed by atoms with van der Waals surface area (Å²) < 4.78 is 22.7. The highest BCUT2D eigenvalue weighted by Crippen LogP contribution is 2.44. The summed E-state index contributed by atoms with van der Waals surface area (Å²) in [6.45, 7) is 5.97. The summed E-state index contributed by atoms with van der Waals surface area (Å²) in [5.41, 5.74) is 2.58. The molecular formula is C34H36N2O8. The minimum atomic E-state index is -1.62. The molecule has 1 aliphatic carbocycles. The molecular weight excluding hydrogens is 564 g/mol. The maximum absolute atomic E-state index is 13.7. The highest BCUT2D eigenvalue weighted by atomic mass is 16.6. The largest absolute Gasteiger partial charge is 0.486 e. The lowest BCUT2D eigenvalue weighted by atomic mass is 9.95. The molecule has 2 heterocycles. The topological polar surface area (TPSA) is 124 Å². The summed E-state index contributed by atoms with van der Waals surface area (Å²) in [7, 11) is 0. The van der Waals surface area contributed by atoms with E-state index < -0.39 is 35.2 Å². The van der Waals surface area contributed by atoms with Crippen molar-refractivity contribution < 1.29 is 38.4 Å². The average molecular weight is 601 g/mol. The molecule has 0 saturated carbocycles. The van der Waals surface area contributed by atoms with Crippen molar-refractivity contribution in [1.82, 2.24) is 10.2 Å². The van der Waals surface area contributed by atoms with Crippen LogP contribution in [0.4, 0.5) is 4.79 Å². The Kier molecular flexibility index (Phi) is 7.71. The third kappa shape index (κ3) is 5.69. The molecule has 0 aromatic heterocycles. The van der Waals surface area contributed by atoms with Gasteiger partial charge in [0.1, 0.15) is 37.0 Å². The van der Waals surface area contributed by atoms with Crippen molar-refractivity contribution in [3.05, 3.63) is 83.4 Å². The number of carboxylic acid groups (broad SMARTS) is 1. The molecule has 2 atom stereocenters. The Balaban J connectivity index is 1.23. The first kappa shape index (κ1) is 29.5. The van der Waals surface area contributed by atoms with Gasteiger partial charge in [-0.25, -0.2) is 9.59 Å². The molecule has 6 rings (SSSR count). The van der Waals surface area contributed by atoms with Gasteiger partial charge in [0.25, 0.3) is 0 Å². The van der Waals surface area contributed by atoms with Gasteiger partial charge < -0.3 is 24.1 Å². The SMILES string of the molecule is CC(C)(C)OC(=O)C1CC(NCc2ccc3c(c2)OCCO3)(C(=O)O)CN1C(=O)OCC1c2ccccc2-c2ccccc21. The molecule has 1 fully saturated rings. The van der Waals surface area contributed by atoms with E-state index in [0.29, 0.717) is 24.7 Å². The lowest BCUT2D eigenvalue weighted by Crippen LogP contribution is -2.54. The molecule has 0 spiro atoms. The normalized spacial score (nSPS) is 20.5. The molecule has 2 unspecified atom stereocenters. The Morgan fingerprint density at radius 3 is 2.23 bits per heavy atom. The van der Waals surface area contributed by atoms with E-state index in [1.54, 1.807) is 32.9 Å². The maximum atomic E-state index is 13.7. The second-order valence-corrected chi connectivity index (χ2v) is 12.4. The van der Waals surface area contributed by atoms with Gasteiger partial charge in [-0.3, -0.25) is 15.0 Å². The number of nitrogens with one attached hydrogen (secondary N) is 1. The highest BCUT2D eigenvalue weighted by Gasteiger charge is 2.55. The Morgan fingerprint density at radius 1 is 0.955 bits per heavy atom. The van der Waals surface area contributed by atoms with Crippen molar-refractivity contribution in [2.24, 2.45) is 0 Å². The molecule has 10 heteroatoms. The van der Waals surface area contributed by atoms with Crippen LogP contribution in [0, 0.1) is 0 Å². The number of likely N-dealkylation sites (tertiary alicyclic amines) is 1. The van der Waals surface area contributed by atoms with Gasteiger partial charge in [0, 0.05) is 18.9 Å². The van der Waals surface area contributed by atoms with Crippen molar-refractivity contribution in [3.63, 3.8) is 0 Å². The van der Waals surface area contributed by atoms with Crippen molar-refractivity contribution >= 4 is 18.0 Å². The first-order valence-electron chi connectivity index (χ1n) is 14.8. The average Bonchev–Trinajstić information content (AvgIpc) is 3.56. The Bertz CT molecular complexity index is 1550. The number of esters is 1. The van der Waals surface area contributed by atoms with E-state index in [-0.39, 0.29) is 32.0 Å². The van der Waals surface area contributed by atoms with Gasteiger partial charge in [0.15, 0.2) is 11.5 Å². The quantitative estimate of drug-likeness (QED) is 0.370. The Hall–Kier alpha value is -4.57. The van der Waals surface area contributed by atoms with E-state index in [1.807, 2.05) is 54.6 Å². The molecule has 0 bridgehead atoms. The van der Waals surface area contributed by atoms with Gasteiger partial charge in [0.2, 0.25) is 0 Å². The Labute approximate surface area is 255 Å². The van der Waals surface area contributed by atoms with Gasteiger partial charge in [-0.1, -0.05) is 54.6 Å². The number of fused-ring (bicyclic) bond motifs is 4. The van der Waals surface area contributed by atoms with Crippen LogP contribution in [0.1, 0.15) is 49.8 Å². The minimum Gasteiger partial charge on any atom is -0.486 e. The van der Waals surface area contributed by atoms with E-state index in [1.165, 1.54) is 4.90 Å². The zero-order valence-electron chi connectivity index (χ0n) is 25.0. The third-order valence-corrected chi connectivity index (χ3v) is 8.25. The molecule has 3 aromatic carbocycles. The molecule has 44 heavy (non-hydrogen) atoms. The number of benzene rings is 3. The van der Waals surface area contributed by atoms with Crippen LogP contribution in [0.15, 0.2) is 66.7 Å². The number of ether oxygens (including phenoxy) is 4. The van der Waals surface area contributed by atoms with E-state index in [4.69, 9.17) is 18.9 Å². The van der Waals surface area contributed by atoms with Crippen molar-refractivity contribution in [3.8, 4) is 22.6 Å². The number of amides is 1. The summed E-state index contributed by atoms with van der Waals surface area (Å²) in [6.07, 6.45) is -0.960. The van der Waals surface area contributed by atoms with Gasteiger partial charge >= 0.3 is 18.0 Å². The summed E-state index contributed by atoms with van der Waals surface area (Å²) in [5.74, 6) is -0.849. The molecule has 3 aliphatic rings. The number of carboxylic acids is 1. The van der Waals surface area contributed by atoms with Crippen LogP contribution >= 0.6 is 0 Å². The number of hydrogen-bond acceptors (Lipinski definition) is 8. The molecule has 2 N–H and O–H groups in total. The molecule has 1 saturated heterocycles. The second kappa shape index (κ2) is 11.5. The fourth-order valence-corrected chi connectivity index (χ4v) is 6.18. The number of carbonyl (C=O) groups excluding carboxylic acids is 2. The van der Waals surface area contributed by atoms with E-state index in [0.717, 1.165) is 27.8 Å². The van der Waals surface area contributed by atoms with Crippen LogP contribution in [0.3, 0.4) is 0 Å². The molecule has 2 aliphatic heterocycles. The van der Waals surface area contributed by atoms with Crippen LogP contribution in [0.5, 0.6) is 11.5 Å². The summed E-state index contributed by atoms with van der Waals surface area (Å²) in [4.78, 5) is 41.1. The first-order chi connectivity index (χ1) is 21.0. The second-order valence-electron chi connectivity index (χ2n) is 12.4. The molecule has 0 radical (unpaired) electrons. The van der Waals surface area contributed by atoms with E-state index in [9.17, 15) is 19.5 Å². The minimum absolute atomic E-state index is 0.0368. The monoisotopic (exact) mass is 600 g/mol.